The Morgan fingerprint density at radius 2 is 1.94 bits per heavy atom. The summed E-state index contributed by atoms with van der Waals surface area (Å²) in [6.07, 6.45) is 4.73. The number of aromatic amines is 1. The molecule has 2 aromatic rings. The molecule has 0 fully saturated rings. The maximum Gasteiger partial charge on any atom is 0.139 e. The average molecular weight is 213 g/mol. The Morgan fingerprint density at radius 3 is 2.75 bits per heavy atom. The minimum atomic E-state index is 0.786. The van der Waals surface area contributed by atoms with E-state index in [9.17, 15) is 0 Å². The second-order valence-electron chi connectivity index (χ2n) is 4.31. The number of aromatic nitrogens is 2. The van der Waals surface area contributed by atoms with Crippen molar-refractivity contribution in [1.82, 2.24) is 9.97 Å². The Hall–Kier alpha value is -1.77. The van der Waals surface area contributed by atoms with Crippen molar-refractivity contribution < 1.29 is 0 Å². The van der Waals surface area contributed by atoms with E-state index >= 15 is 0 Å². The van der Waals surface area contributed by atoms with Crippen LogP contribution in [0.4, 0.5) is 5.69 Å². The van der Waals surface area contributed by atoms with Gasteiger partial charge in [-0.3, -0.25) is 0 Å². The lowest BCUT2D eigenvalue weighted by molar-refractivity contribution is 0.667. The molecule has 3 rings (SSSR count). The van der Waals surface area contributed by atoms with Crippen molar-refractivity contribution in [2.45, 2.75) is 25.7 Å². The number of aryl methyl sites for hydroxylation is 2. The number of nitrogens with one attached hydrogen (secondary N) is 1. The molecule has 0 saturated heterocycles. The molecule has 1 aromatic carbocycles. The highest BCUT2D eigenvalue weighted by atomic mass is 14.9. The van der Waals surface area contributed by atoms with Crippen LogP contribution in [-0.4, -0.2) is 9.97 Å². The summed E-state index contributed by atoms with van der Waals surface area (Å²) in [6, 6.07) is 7.87. The molecular weight excluding hydrogens is 198 g/mol. The lowest BCUT2D eigenvalue weighted by atomic mass is 10.0. The van der Waals surface area contributed by atoms with Crippen molar-refractivity contribution in [3.05, 3.63) is 35.7 Å². The van der Waals surface area contributed by atoms with Crippen LogP contribution >= 0.6 is 0 Å². The van der Waals surface area contributed by atoms with Gasteiger partial charge in [-0.05, 0) is 37.8 Å². The van der Waals surface area contributed by atoms with Gasteiger partial charge in [-0.2, -0.15) is 0 Å². The van der Waals surface area contributed by atoms with Gasteiger partial charge >= 0.3 is 0 Å². The van der Waals surface area contributed by atoms with Crippen LogP contribution in [0.2, 0.25) is 0 Å². The largest absolute Gasteiger partial charge is 0.398 e. The SMILES string of the molecule is Nc1ccccc1-c1nc2c([nH]1)CCCC2. The molecule has 1 aromatic heterocycles. The van der Waals surface area contributed by atoms with Crippen LogP contribution in [0.3, 0.4) is 0 Å². The molecule has 1 aliphatic carbocycles. The third-order valence-corrected chi connectivity index (χ3v) is 3.17. The number of nitrogens with zero attached hydrogens (tertiary/aromatic N) is 1. The first kappa shape index (κ1) is 9.46. The zero-order valence-electron chi connectivity index (χ0n) is 9.16. The average Bonchev–Trinajstić information content (AvgIpc) is 2.73. The quantitative estimate of drug-likeness (QED) is 0.715. The lowest BCUT2D eigenvalue weighted by Gasteiger charge is -2.07. The van der Waals surface area contributed by atoms with Crippen LogP contribution in [0, 0.1) is 0 Å². The summed E-state index contributed by atoms with van der Waals surface area (Å²) >= 11 is 0. The van der Waals surface area contributed by atoms with Crippen LogP contribution in [-0.2, 0) is 12.8 Å². The number of imidazole rings is 1. The second kappa shape index (κ2) is 3.67. The van der Waals surface area contributed by atoms with Crippen molar-refractivity contribution in [2.75, 3.05) is 5.73 Å². The zero-order chi connectivity index (χ0) is 11.0. The van der Waals surface area contributed by atoms with Crippen LogP contribution in [0.25, 0.3) is 11.4 Å². The highest BCUT2D eigenvalue weighted by Gasteiger charge is 2.15. The molecule has 0 radical (unpaired) electrons. The highest BCUT2D eigenvalue weighted by molar-refractivity contribution is 5.71. The molecule has 3 N–H and O–H groups in total. The van der Waals surface area contributed by atoms with Crippen LogP contribution in [0.1, 0.15) is 24.2 Å². The first-order valence-corrected chi connectivity index (χ1v) is 5.77. The van der Waals surface area contributed by atoms with E-state index in [1.165, 1.54) is 24.2 Å². The topological polar surface area (TPSA) is 54.7 Å². The molecule has 1 aliphatic rings. The van der Waals surface area contributed by atoms with Crippen molar-refractivity contribution in [2.24, 2.45) is 0 Å². The molecule has 3 nitrogen and oxygen atoms in total. The molecule has 0 aliphatic heterocycles. The summed E-state index contributed by atoms with van der Waals surface area (Å²) in [5, 5.41) is 0. The van der Waals surface area contributed by atoms with E-state index in [2.05, 4.69) is 9.97 Å². The van der Waals surface area contributed by atoms with Gasteiger partial charge in [0.05, 0.1) is 5.69 Å². The van der Waals surface area contributed by atoms with E-state index < -0.39 is 0 Å². The minimum Gasteiger partial charge on any atom is -0.398 e. The number of H-pyrrole nitrogens is 1. The maximum absolute atomic E-state index is 5.95. The van der Waals surface area contributed by atoms with Crippen molar-refractivity contribution in [3.63, 3.8) is 0 Å². The van der Waals surface area contributed by atoms with E-state index in [0.29, 0.717) is 0 Å². The molecule has 82 valence electrons. The maximum atomic E-state index is 5.95. The summed E-state index contributed by atoms with van der Waals surface area (Å²) in [6.45, 7) is 0. The minimum absolute atomic E-state index is 0.786. The predicted molar refractivity (Wildman–Crippen MR) is 65.1 cm³/mol. The molecule has 0 spiro atoms. The van der Waals surface area contributed by atoms with Crippen LogP contribution < -0.4 is 5.73 Å². The van der Waals surface area contributed by atoms with Gasteiger partial charge in [0.2, 0.25) is 0 Å². The van der Waals surface area contributed by atoms with Gasteiger partial charge in [-0.1, -0.05) is 12.1 Å². The fraction of sp³-hybridized carbons (Fsp3) is 0.308. The number of rotatable bonds is 1. The van der Waals surface area contributed by atoms with Gasteiger partial charge in [-0.15, -0.1) is 0 Å². The van der Waals surface area contributed by atoms with Gasteiger partial charge in [0.15, 0.2) is 0 Å². The molecule has 0 unspecified atom stereocenters. The first-order chi connectivity index (χ1) is 7.84. The van der Waals surface area contributed by atoms with Crippen LogP contribution in [0.5, 0.6) is 0 Å². The molecule has 0 bridgehead atoms. The van der Waals surface area contributed by atoms with Gasteiger partial charge in [0.1, 0.15) is 5.82 Å². The number of fused-ring (bicyclic) bond motifs is 1. The number of hydrogen-bond donors (Lipinski definition) is 2. The third-order valence-electron chi connectivity index (χ3n) is 3.17. The van der Waals surface area contributed by atoms with E-state index in [4.69, 9.17) is 5.73 Å². The molecule has 0 saturated carbocycles. The molecule has 1 heterocycles. The summed E-state index contributed by atoms with van der Waals surface area (Å²) in [5.74, 6) is 0.921. The van der Waals surface area contributed by atoms with Crippen molar-refractivity contribution in [1.29, 1.82) is 0 Å². The first-order valence-electron chi connectivity index (χ1n) is 5.77. The third kappa shape index (κ3) is 1.48. The van der Waals surface area contributed by atoms with E-state index in [1.54, 1.807) is 0 Å². The number of anilines is 1. The number of nitrogen functional groups attached to an aromatic ring is 1. The molecule has 0 amide bonds. The van der Waals surface area contributed by atoms with Crippen LogP contribution in [0.15, 0.2) is 24.3 Å². The normalized spacial score (nSPS) is 14.8. The zero-order valence-corrected chi connectivity index (χ0v) is 9.16. The second-order valence-corrected chi connectivity index (χ2v) is 4.31. The van der Waals surface area contributed by atoms with E-state index in [0.717, 1.165) is 29.9 Å². The van der Waals surface area contributed by atoms with Gasteiger partial charge < -0.3 is 10.7 Å². The van der Waals surface area contributed by atoms with Crippen molar-refractivity contribution in [3.8, 4) is 11.4 Å². The van der Waals surface area contributed by atoms with E-state index in [-0.39, 0.29) is 0 Å². The Balaban J connectivity index is 2.07. The monoisotopic (exact) mass is 213 g/mol. The summed E-state index contributed by atoms with van der Waals surface area (Å²) in [5.41, 5.74) is 10.3. The smallest absolute Gasteiger partial charge is 0.139 e. The van der Waals surface area contributed by atoms with Gasteiger partial charge in [-0.25, -0.2) is 4.98 Å². The molecular formula is C13H15N3. The lowest BCUT2D eigenvalue weighted by Crippen LogP contribution is -2.00. The Bertz CT molecular complexity index is 490. The fourth-order valence-electron chi connectivity index (χ4n) is 2.29. The Labute approximate surface area is 94.7 Å². The highest BCUT2D eigenvalue weighted by Crippen LogP contribution is 2.27. The summed E-state index contributed by atoms with van der Waals surface area (Å²) in [7, 11) is 0. The van der Waals surface area contributed by atoms with E-state index in [1.807, 2.05) is 24.3 Å². The fourth-order valence-corrected chi connectivity index (χ4v) is 2.29. The molecule has 16 heavy (non-hydrogen) atoms. The Kier molecular flexibility index (Phi) is 2.17. The Morgan fingerprint density at radius 1 is 1.12 bits per heavy atom. The number of para-hydroxylation sites is 1. The number of nitrogens with two attached hydrogens (primary N) is 1. The molecule has 0 atom stereocenters. The number of hydrogen-bond acceptors (Lipinski definition) is 2. The summed E-state index contributed by atoms with van der Waals surface area (Å²) in [4.78, 5) is 8.05. The van der Waals surface area contributed by atoms with Gasteiger partial charge in [0, 0.05) is 16.9 Å². The van der Waals surface area contributed by atoms with Gasteiger partial charge in [0.25, 0.3) is 0 Å². The predicted octanol–water partition coefficient (Wildman–Crippen LogP) is 2.54. The summed E-state index contributed by atoms with van der Waals surface area (Å²) < 4.78 is 0. The number of benzene rings is 1. The van der Waals surface area contributed by atoms with Crippen molar-refractivity contribution >= 4 is 5.69 Å². The molecule has 3 heteroatoms. The standard InChI is InChI=1S/C13H15N3/c14-10-6-2-1-5-9(10)13-15-11-7-3-4-8-12(11)16-13/h1-2,5-6H,3-4,7-8,14H2,(H,15,16).